The monoisotopic (exact) mass is 301 g/mol. The van der Waals surface area contributed by atoms with Crippen molar-refractivity contribution in [3.8, 4) is 11.1 Å². The molecule has 0 aliphatic carbocycles. The molecule has 4 aromatic rings. The molecule has 0 fully saturated rings. The first-order chi connectivity index (χ1) is 11.1. The van der Waals surface area contributed by atoms with E-state index in [2.05, 4.69) is 36.2 Å². The quantitative estimate of drug-likeness (QED) is 0.499. The van der Waals surface area contributed by atoms with Crippen LogP contribution in [-0.2, 0) is 0 Å². The highest BCUT2D eigenvalue weighted by Gasteiger charge is 2.17. The third-order valence-corrected chi connectivity index (χ3v) is 4.30. The summed E-state index contributed by atoms with van der Waals surface area (Å²) in [5.41, 5.74) is 5.77. The fourth-order valence-corrected chi connectivity index (χ4v) is 3.08. The predicted molar refractivity (Wildman–Crippen MR) is 95.8 cm³/mol. The lowest BCUT2D eigenvalue weighted by Crippen LogP contribution is -2.29. The second-order valence-electron chi connectivity index (χ2n) is 5.90. The number of hydrogen-bond acceptors (Lipinski definition) is 2. The predicted octanol–water partition coefficient (Wildman–Crippen LogP) is 2.98. The highest BCUT2D eigenvalue weighted by atomic mass is 16.4. The molecule has 0 atom stereocenters. The molecular formula is C19H16BNO2. The summed E-state index contributed by atoms with van der Waals surface area (Å²) in [4.78, 5) is 3.46. The Morgan fingerprint density at radius 1 is 0.870 bits per heavy atom. The second-order valence-corrected chi connectivity index (χ2v) is 5.90. The minimum atomic E-state index is -1.49. The molecule has 23 heavy (non-hydrogen) atoms. The number of H-pyrrole nitrogens is 1. The Morgan fingerprint density at radius 3 is 2.35 bits per heavy atom. The SMILES string of the molecule is Cc1ccc(-c2cc(B(O)O)cc3c2[nH]c2ccccc23)cc1. The Balaban J connectivity index is 2.10. The van der Waals surface area contributed by atoms with Crippen LogP contribution < -0.4 is 5.46 Å². The van der Waals surface area contributed by atoms with Gasteiger partial charge in [-0.25, -0.2) is 0 Å². The third-order valence-electron chi connectivity index (χ3n) is 4.30. The molecule has 0 spiro atoms. The lowest BCUT2D eigenvalue weighted by molar-refractivity contribution is 0.426. The number of hydrogen-bond donors (Lipinski definition) is 3. The summed E-state index contributed by atoms with van der Waals surface area (Å²) in [7, 11) is -1.49. The Morgan fingerprint density at radius 2 is 1.61 bits per heavy atom. The molecule has 0 radical (unpaired) electrons. The Labute approximate surface area is 134 Å². The molecule has 0 amide bonds. The summed E-state index contributed by atoms with van der Waals surface area (Å²) >= 11 is 0. The lowest BCUT2D eigenvalue weighted by Gasteiger charge is -2.08. The summed E-state index contributed by atoms with van der Waals surface area (Å²) in [5.74, 6) is 0. The number of aromatic nitrogens is 1. The van der Waals surface area contributed by atoms with Crippen LogP contribution in [0.15, 0.2) is 60.7 Å². The first-order valence-corrected chi connectivity index (χ1v) is 7.61. The number of nitrogens with one attached hydrogen (secondary N) is 1. The minimum absolute atomic E-state index is 0.498. The highest BCUT2D eigenvalue weighted by Crippen LogP contribution is 2.32. The fraction of sp³-hybridized carbons (Fsp3) is 0.0526. The van der Waals surface area contributed by atoms with E-state index >= 15 is 0 Å². The van der Waals surface area contributed by atoms with Gasteiger partial charge in [0.25, 0.3) is 0 Å². The molecule has 1 aromatic heterocycles. The van der Waals surface area contributed by atoms with Crippen LogP contribution in [0, 0.1) is 6.92 Å². The number of rotatable bonds is 2. The molecule has 0 aliphatic rings. The molecule has 112 valence electrons. The average Bonchev–Trinajstić information content (AvgIpc) is 2.93. The molecule has 0 saturated carbocycles. The van der Waals surface area contributed by atoms with Crippen LogP contribution in [0.2, 0.25) is 0 Å². The van der Waals surface area contributed by atoms with Gasteiger partial charge >= 0.3 is 7.12 Å². The summed E-state index contributed by atoms with van der Waals surface area (Å²) < 4.78 is 0. The van der Waals surface area contributed by atoms with Gasteiger partial charge in [-0.05, 0) is 24.0 Å². The molecule has 0 bridgehead atoms. The topological polar surface area (TPSA) is 56.2 Å². The highest BCUT2D eigenvalue weighted by molar-refractivity contribution is 6.59. The van der Waals surface area contributed by atoms with Crippen LogP contribution in [0.1, 0.15) is 5.56 Å². The van der Waals surface area contributed by atoms with Crippen LogP contribution in [-0.4, -0.2) is 22.2 Å². The summed E-state index contributed by atoms with van der Waals surface area (Å²) in [5, 5.41) is 21.4. The standard InChI is InChI=1S/C19H16BNO2/c1-12-6-8-13(9-7-12)16-10-14(20(22)23)11-17-15-4-2-3-5-18(15)21-19(16)17/h2-11,21-23H,1H3. The van der Waals surface area contributed by atoms with Gasteiger partial charge in [0.1, 0.15) is 0 Å². The number of fused-ring (bicyclic) bond motifs is 3. The van der Waals surface area contributed by atoms with Crippen molar-refractivity contribution in [1.82, 2.24) is 4.98 Å². The van der Waals surface area contributed by atoms with Crippen molar-refractivity contribution in [2.24, 2.45) is 0 Å². The van der Waals surface area contributed by atoms with Gasteiger partial charge in [0.2, 0.25) is 0 Å². The maximum atomic E-state index is 9.65. The van der Waals surface area contributed by atoms with Gasteiger partial charge in [-0.2, -0.15) is 0 Å². The number of aryl methyl sites for hydroxylation is 1. The molecule has 0 aliphatic heterocycles. The Kier molecular flexibility index (Phi) is 3.22. The number of benzene rings is 3. The maximum absolute atomic E-state index is 9.65. The molecule has 4 heteroatoms. The molecule has 4 rings (SSSR count). The Hall–Kier alpha value is -2.56. The molecule has 3 nitrogen and oxygen atoms in total. The van der Waals surface area contributed by atoms with Gasteiger partial charge in [0.15, 0.2) is 0 Å². The van der Waals surface area contributed by atoms with E-state index in [1.165, 1.54) is 5.56 Å². The zero-order valence-corrected chi connectivity index (χ0v) is 12.7. The number of para-hydroxylation sites is 1. The zero-order valence-electron chi connectivity index (χ0n) is 12.7. The summed E-state index contributed by atoms with van der Waals surface area (Å²) in [6.45, 7) is 2.05. The van der Waals surface area contributed by atoms with Gasteiger partial charge in [0.05, 0.1) is 5.52 Å². The van der Waals surface area contributed by atoms with Gasteiger partial charge in [-0.15, -0.1) is 0 Å². The lowest BCUT2D eigenvalue weighted by atomic mass is 9.78. The maximum Gasteiger partial charge on any atom is 0.488 e. The first kappa shape index (κ1) is 14.1. The fourth-order valence-electron chi connectivity index (χ4n) is 3.08. The van der Waals surface area contributed by atoms with Crippen LogP contribution in [0.25, 0.3) is 32.9 Å². The molecule has 1 heterocycles. The average molecular weight is 301 g/mol. The normalized spacial score (nSPS) is 11.3. The van der Waals surface area contributed by atoms with Crippen molar-refractivity contribution in [2.75, 3.05) is 0 Å². The minimum Gasteiger partial charge on any atom is -0.423 e. The summed E-state index contributed by atoms with van der Waals surface area (Å²) in [6, 6.07) is 20.0. The van der Waals surface area contributed by atoms with Crippen LogP contribution >= 0.6 is 0 Å². The smallest absolute Gasteiger partial charge is 0.423 e. The third kappa shape index (κ3) is 2.33. The molecule has 3 N–H and O–H groups in total. The van der Waals surface area contributed by atoms with Crippen molar-refractivity contribution in [3.63, 3.8) is 0 Å². The Bertz CT molecular complexity index is 1000. The molecular weight excluding hydrogens is 285 g/mol. The van der Waals surface area contributed by atoms with Gasteiger partial charge < -0.3 is 15.0 Å². The van der Waals surface area contributed by atoms with E-state index in [9.17, 15) is 10.0 Å². The van der Waals surface area contributed by atoms with E-state index in [-0.39, 0.29) is 0 Å². The van der Waals surface area contributed by atoms with Crippen molar-refractivity contribution in [3.05, 3.63) is 66.2 Å². The van der Waals surface area contributed by atoms with Crippen molar-refractivity contribution in [2.45, 2.75) is 6.92 Å². The summed E-state index contributed by atoms with van der Waals surface area (Å²) in [6.07, 6.45) is 0. The van der Waals surface area contributed by atoms with Gasteiger partial charge in [-0.3, -0.25) is 0 Å². The van der Waals surface area contributed by atoms with E-state index in [4.69, 9.17) is 0 Å². The number of aromatic amines is 1. The van der Waals surface area contributed by atoms with E-state index in [1.807, 2.05) is 36.4 Å². The van der Waals surface area contributed by atoms with Crippen molar-refractivity contribution >= 4 is 34.4 Å². The van der Waals surface area contributed by atoms with E-state index in [1.54, 1.807) is 0 Å². The van der Waals surface area contributed by atoms with Crippen LogP contribution in [0.3, 0.4) is 0 Å². The first-order valence-electron chi connectivity index (χ1n) is 7.61. The van der Waals surface area contributed by atoms with Crippen LogP contribution in [0.4, 0.5) is 0 Å². The van der Waals surface area contributed by atoms with Crippen LogP contribution in [0.5, 0.6) is 0 Å². The van der Waals surface area contributed by atoms with Crippen molar-refractivity contribution in [1.29, 1.82) is 0 Å². The van der Waals surface area contributed by atoms with E-state index < -0.39 is 7.12 Å². The van der Waals surface area contributed by atoms with Gasteiger partial charge in [0, 0.05) is 21.9 Å². The second kappa shape index (κ2) is 5.27. The van der Waals surface area contributed by atoms with E-state index in [0.717, 1.165) is 32.9 Å². The molecule has 3 aromatic carbocycles. The molecule has 0 unspecified atom stereocenters. The van der Waals surface area contributed by atoms with E-state index in [0.29, 0.717) is 5.46 Å². The zero-order chi connectivity index (χ0) is 16.0. The van der Waals surface area contributed by atoms with Crippen molar-refractivity contribution < 1.29 is 10.0 Å². The largest absolute Gasteiger partial charge is 0.488 e. The van der Waals surface area contributed by atoms with Gasteiger partial charge in [-0.1, -0.05) is 60.2 Å². The molecule has 0 saturated heterocycles.